The first kappa shape index (κ1) is 24.8. The minimum Gasteiger partial charge on any atom is -0.494 e. The molecule has 8 heteroatoms. The van der Waals surface area contributed by atoms with Crippen molar-refractivity contribution in [2.45, 2.75) is 13.5 Å². The van der Waals surface area contributed by atoms with Gasteiger partial charge in [0, 0.05) is 38.6 Å². The monoisotopic (exact) mass is 509 g/mol. The quantitative estimate of drug-likeness (QED) is 0.217. The highest BCUT2D eigenvalue weighted by Crippen LogP contribution is 2.35. The summed E-state index contributed by atoms with van der Waals surface area (Å²) < 4.78 is 5.10. The van der Waals surface area contributed by atoms with E-state index in [0.717, 1.165) is 11.1 Å². The van der Waals surface area contributed by atoms with Crippen molar-refractivity contribution in [1.82, 2.24) is 9.88 Å². The number of aliphatic imine (C=N–C) groups is 1. The van der Waals surface area contributed by atoms with E-state index in [4.69, 9.17) is 32.9 Å². The van der Waals surface area contributed by atoms with Crippen LogP contribution in [0.5, 0.6) is 5.88 Å². The van der Waals surface area contributed by atoms with Crippen LogP contribution in [0, 0.1) is 0 Å². The van der Waals surface area contributed by atoms with Gasteiger partial charge in [-0.05, 0) is 45.3 Å². The molecule has 0 radical (unpaired) electrons. The molecule has 6 nitrogen and oxygen atoms in total. The molecule has 35 heavy (non-hydrogen) atoms. The van der Waals surface area contributed by atoms with Crippen molar-refractivity contribution in [2.24, 2.45) is 4.99 Å². The number of benzene rings is 3. The van der Waals surface area contributed by atoms with E-state index in [2.05, 4.69) is 4.98 Å². The number of nitrogens with zero attached hydrogens (tertiary/aromatic N) is 2. The Kier molecular flexibility index (Phi) is 7.45. The van der Waals surface area contributed by atoms with Crippen LogP contribution in [0.25, 0.3) is 10.9 Å². The number of fused-ring (bicyclic) bond motifs is 1. The number of hydrogen-bond acceptors (Lipinski definition) is 5. The number of rotatable bonds is 7. The Morgan fingerprint density at radius 2 is 1.71 bits per heavy atom. The molecular weight excluding hydrogens is 485 g/mol. The van der Waals surface area contributed by atoms with Gasteiger partial charge in [0.25, 0.3) is 0 Å². The highest BCUT2D eigenvalue weighted by molar-refractivity contribution is 6.36. The van der Waals surface area contributed by atoms with Gasteiger partial charge in [0.1, 0.15) is 0 Å². The summed E-state index contributed by atoms with van der Waals surface area (Å²) in [5.41, 5.74) is 4.18. The number of aromatic amines is 1. The summed E-state index contributed by atoms with van der Waals surface area (Å²) >= 11 is 13.1. The average Bonchev–Trinajstić information content (AvgIpc) is 3.15. The number of nitrogens with one attached hydrogen (secondary N) is 1. The lowest BCUT2D eigenvalue weighted by Crippen LogP contribution is -2.11. The van der Waals surface area contributed by atoms with Crippen LogP contribution in [0.3, 0.4) is 0 Å². The van der Waals surface area contributed by atoms with Gasteiger partial charge in [0.2, 0.25) is 0 Å². The van der Waals surface area contributed by atoms with Crippen LogP contribution in [0.4, 0.5) is 5.69 Å². The number of aromatic hydroxyl groups is 1. The van der Waals surface area contributed by atoms with Crippen LogP contribution in [0.2, 0.25) is 10.0 Å². The molecule has 180 valence electrons. The van der Waals surface area contributed by atoms with E-state index >= 15 is 0 Å². The molecule has 0 saturated heterocycles. The molecule has 0 unspecified atom stereocenters. The number of ether oxygens (including phenoxy) is 1. The molecule has 0 aliphatic heterocycles. The van der Waals surface area contributed by atoms with Gasteiger partial charge >= 0.3 is 5.97 Å². The number of H-pyrrole nitrogens is 1. The van der Waals surface area contributed by atoms with Crippen molar-refractivity contribution in [3.63, 3.8) is 0 Å². The van der Waals surface area contributed by atoms with Gasteiger partial charge in [0.05, 0.1) is 29.1 Å². The summed E-state index contributed by atoms with van der Waals surface area (Å²) in [7, 11) is 3.89. The standard InChI is InChI=1S/C27H25Cl2N3O3/c1-4-35-27(34)17-10-11-19-23(12-17)31-26(33)24(19)25(16-8-6-5-7-9-16)30-18-13-21(28)20(15-32(2)3)22(29)14-18/h5-14,31,33H,4,15H2,1-3H3. The number of carbonyl (C=O) groups is 1. The zero-order chi connectivity index (χ0) is 25.1. The van der Waals surface area contributed by atoms with Gasteiger partial charge in [-0.1, -0.05) is 59.6 Å². The van der Waals surface area contributed by atoms with Crippen LogP contribution in [0.1, 0.15) is 34.0 Å². The number of carbonyl (C=O) groups excluding carboxylic acids is 1. The van der Waals surface area contributed by atoms with Crippen molar-refractivity contribution >= 4 is 51.5 Å². The molecule has 0 amide bonds. The molecular formula is C27H25Cl2N3O3. The Bertz CT molecular complexity index is 1390. The number of hydrogen-bond donors (Lipinski definition) is 2. The molecule has 0 aliphatic carbocycles. The van der Waals surface area contributed by atoms with E-state index in [9.17, 15) is 9.90 Å². The number of esters is 1. The molecule has 0 spiro atoms. The summed E-state index contributed by atoms with van der Waals surface area (Å²) in [5, 5.41) is 12.7. The molecule has 2 N–H and O–H groups in total. The van der Waals surface area contributed by atoms with Crippen LogP contribution in [0.15, 0.2) is 65.7 Å². The largest absolute Gasteiger partial charge is 0.494 e. The summed E-state index contributed by atoms with van der Waals surface area (Å²) in [6.07, 6.45) is 0. The fourth-order valence-electron chi connectivity index (χ4n) is 3.88. The topological polar surface area (TPSA) is 77.9 Å². The molecule has 0 aliphatic rings. The van der Waals surface area contributed by atoms with Crippen LogP contribution >= 0.6 is 23.2 Å². The molecule has 1 aromatic heterocycles. The fourth-order valence-corrected chi connectivity index (χ4v) is 4.47. The van der Waals surface area contributed by atoms with Crippen molar-refractivity contribution in [3.05, 3.63) is 93.0 Å². The van der Waals surface area contributed by atoms with Gasteiger partial charge in [-0.3, -0.25) is 0 Å². The molecule has 1 heterocycles. The summed E-state index contributed by atoms with van der Waals surface area (Å²) in [6, 6.07) is 18.1. The minimum absolute atomic E-state index is 0.0648. The third-order valence-corrected chi connectivity index (χ3v) is 6.09. The van der Waals surface area contributed by atoms with Crippen LogP contribution in [-0.4, -0.2) is 47.4 Å². The van der Waals surface area contributed by atoms with Gasteiger partial charge < -0.3 is 19.7 Å². The normalized spacial score (nSPS) is 11.9. The van der Waals surface area contributed by atoms with Crippen molar-refractivity contribution in [2.75, 3.05) is 20.7 Å². The SMILES string of the molecule is CCOC(=O)c1ccc2c(C(=Nc3cc(Cl)c(CN(C)C)c(Cl)c3)c3ccccc3)c(O)[nH]c2c1. The van der Waals surface area contributed by atoms with Crippen molar-refractivity contribution in [3.8, 4) is 5.88 Å². The zero-order valence-corrected chi connectivity index (χ0v) is 21.1. The van der Waals surface area contributed by atoms with Crippen molar-refractivity contribution < 1.29 is 14.6 Å². The molecule has 3 aromatic carbocycles. The molecule has 0 saturated carbocycles. The summed E-state index contributed by atoms with van der Waals surface area (Å²) in [4.78, 5) is 22.0. The molecule has 0 bridgehead atoms. The molecule has 4 aromatic rings. The number of aromatic nitrogens is 1. The van der Waals surface area contributed by atoms with Gasteiger partial charge in [0.15, 0.2) is 5.88 Å². The maximum Gasteiger partial charge on any atom is 0.338 e. The Morgan fingerprint density at radius 3 is 2.34 bits per heavy atom. The van der Waals surface area contributed by atoms with Gasteiger partial charge in [-0.25, -0.2) is 9.79 Å². The lowest BCUT2D eigenvalue weighted by Gasteiger charge is -2.14. The number of halogens is 2. The van der Waals surface area contributed by atoms with Crippen LogP contribution < -0.4 is 0 Å². The summed E-state index contributed by atoms with van der Waals surface area (Å²) in [5.74, 6) is -0.492. The Labute approximate surface area is 213 Å². The maximum absolute atomic E-state index is 12.2. The Morgan fingerprint density at radius 1 is 1.03 bits per heavy atom. The van der Waals surface area contributed by atoms with Gasteiger partial charge in [-0.2, -0.15) is 0 Å². The van der Waals surface area contributed by atoms with Gasteiger partial charge in [-0.15, -0.1) is 0 Å². The highest BCUT2D eigenvalue weighted by atomic mass is 35.5. The Hall–Kier alpha value is -3.32. The second-order valence-corrected chi connectivity index (χ2v) is 9.10. The lowest BCUT2D eigenvalue weighted by atomic mass is 10.00. The highest BCUT2D eigenvalue weighted by Gasteiger charge is 2.20. The first-order valence-corrected chi connectivity index (χ1v) is 11.8. The van der Waals surface area contributed by atoms with E-state index < -0.39 is 5.97 Å². The maximum atomic E-state index is 12.2. The van der Waals surface area contributed by atoms with E-state index in [-0.39, 0.29) is 12.5 Å². The van der Waals surface area contributed by atoms with E-state index in [1.54, 1.807) is 37.3 Å². The van der Waals surface area contributed by atoms with Crippen molar-refractivity contribution in [1.29, 1.82) is 0 Å². The Balaban J connectivity index is 1.88. The van der Waals surface area contributed by atoms with E-state index in [1.165, 1.54) is 0 Å². The lowest BCUT2D eigenvalue weighted by molar-refractivity contribution is 0.0526. The first-order chi connectivity index (χ1) is 16.8. The predicted molar refractivity (Wildman–Crippen MR) is 142 cm³/mol. The predicted octanol–water partition coefficient (Wildman–Crippen LogP) is 6.59. The zero-order valence-electron chi connectivity index (χ0n) is 19.6. The second kappa shape index (κ2) is 10.5. The molecule has 4 rings (SSSR count). The van der Waals surface area contributed by atoms with Crippen LogP contribution in [-0.2, 0) is 11.3 Å². The second-order valence-electron chi connectivity index (χ2n) is 8.28. The third-order valence-electron chi connectivity index (χ3n) is 5.41. The first-order valence-electron chi connectivity index (χ1n) is 11.1. The third kappa shape index (κ3) is 5.35. The molecule has 0 fully saturated rings. The average molecular weight is 510 g/mol. The van der Waals surface area contributed by atoms with E-state index in [0.29, 0.717) is 50.0 Å². The smallest absolute Gasteiger partial charge is 0.338 e. The summed E-state index contributed by atoms with van der Waals surface area (Å²) in [6.45, 7) is 2.63. The fraction of sp³-hybridized carbons (Fsp3) is 0.185. The molecule has 0 atom stereocenters. The van der Waals surface area contributed by atoms with E-state index in [1.807, 2.05) is 49.3 Å². The minimum atomic E-state index is -0.427.